The number of rotatable bonds is 2. The van der Waals surface area contributed by atoms with Crippen LogP contribution in [0.5, 0.6) is 0 Å². The number of amides is 1. The van der Waals surface area contributed by atoms with Crippen molar-refractivity contribution in [3.05, 3.63) is 11.1 Å². The third kappa shape index (κ3) is 2.31. The van der Waals surface area contributed by atoms with Crippen LogP contribution in [0, 0.1) is 0 Å². The van der Waals surface area contributed by atoms with Gasteiger partial charge < -0.3 is 0 Å². The van der Waals surface area contributed by atoms with E-state index in [1.165, 1.54) is 24.2 Å². The average Bonchev–Trinajstić information content (AvgIpc) is 2.16. The smallest absolute Gasteiger partial charge is 0.273 e. The molecule has 0 aromatic carbocycles. The Morgan fingerprint density at radius 1 is 1.38 bits per heavy atom. The first-order chi connectivity index (χ1) is 6.16. The van der Waals surface area contributed by atoms with Crippen molar-refractivity contribution in [2.75, 3.05) is 14.2 Å². The Morgan fingerprint density at radius 2 is 2.00 bits per heavy atom. The van der Waals surface area contributed by atoms with Crippen LogP contribution >= 0.6 is 0 Å². The molecular weight excluding hydrogens is 166 g/mol. The number of likely N-dealkylation sites (N-methyl/N-ethyl adjacent to an activating group) is 1. The summed E-state index contributed by atoms with van der Waals surface area (Å²) in [5.74, 6) is 0.0136. The first-order valence-electron chi connectivity index (χ1n) is 4.67. The van der Waals surface area contributed by atoms with Crippen LogP contribution in [-0.2, 0) is 9.63 Å². The predicted molar refractivity (Wildman–Crippen MR) is 50.9 cm³/mol. The maximum Gasteiger partial charge on any atom is 0.273 e. The minimum absolute atomic E-state index is 0.0136. The molecule has 0 fully saturated rings. The summed E-state index contributed by atoms with van der Waals surface area (Å²) in [4.78, 5) is 16.5. The van der Waals surface area contributed by atoms with Crippen molar-refractivity contribution < 1.29 is 9.63 Å². The Hall–Kier alpha value is -0.830. The molecule has 0 aromatic rings. The van der Waals surface area contributed by atoms with Gasteiger partial charge in [0, 0.05) is 12.6 Å². The van der Waals surface area contributed by atoms with Crippen LogP contribution < -0.4 is 0 Å². The first kappa shape index (κ1) is 10.3. The molecule has 0 atom stereocenters. The third-order valence-electron chi connectivity index (χ3n) is 2.56. The van der Waals surface area contributed by atoms with Crippen LogP contribution in [0.25, 0.3) is 0 Å². The quantitative estimate of drug-likeness (QED) is 0.612. The van der Waals surface area contributed by atoms with E-state index in [1.807, 2.05) is 6.92 Å². The molecule has 0 bridgehead atoms. The molecule has 1 amide bonds. The van der Waals surface area contributed by atoms with E-state index in [0.29, 0.717) is 0 Å². The summed E-state index contributed by atoms with van der Waals surface area (Å²) in [5, 5.41) is 1.30. The molecule has 1 aliphatic carbocycles. The number of hydroxylamine groups is 2. The van der Waals surface area contributed by atoms with Crippen LogP contribution in [0.4, 0.5) is 0 Å². The number of nitrogens with zero attached hydrogens (tertiary/aromatic N) is 1. The summed E-state index contributed by atoms with van der Waals surface area (Å²) < 4.78 is 0. The van der Waals surface area contributed by atoms with Gasteiger partial charge in [-0.05, 0) is 32.6 Å². The third-order valence-corrected chi connectivity index (χ3v) is 2.56. The second kappa shape index (κ2) is 4.42. The Balaban J connectivity index is 2.74. The fourth-order valence-electron chi connectivity index (χ4n) is 1.62. The largest absolute Gasteiger partial charge is 0.274 e. The van der Waals surface area contributed by atoms with Gasteiger partial charge in [0.25, 0.3) is 5.91 Å². The lowest BCUT2D eigenvalue weighted by atomic mass is 9.92. The summed E-state index contributed by atoms with van der Waals surface area (Å²) in [6.45, 7) is 2.04. The fourth-order valence-corrected chi connectivity index (χ4v) is 1.62. The SMILES string of the molecule is CON(C)C(=O)C1=C(C)CCCC1. The van der Waals surface area contributed by atoms with E-state index in [4.69, 9.17) is 4.84 Å². The van der Waals surface area contributed by atoms with Gasteiger partial charge in [-0.15, -0.1) is 0 Å². The van der Waals surface area contributed by atoms with E-state index in [1.54, 1.807) is 7.05 Å². The second-order valence-electron chi connectivity index (χ2n) is 3.45. The molecule has 0 saturated heterocycles. The Morgan fingerprint density at radius 3 is 2.54 bits per heavy atom. The van der Waals surface area contributed by atoms with E-state index in [2.05, 4.69) is 0 Å². The molecule has 1 rings (SSSR count). The van der Waals surface area contributed by atoms with Crippen LogP contribution in [-0.4, -0.2) is 25.1 Å². The molecule has 13 heavy (non-hydrogen) atoms. The van der Waals surface area contributed by atoms with Gasteiger partial charge in [-0.3, -0.25) is 9.63 Å². The molecule has 1 aliphatic rings. The van der Waals surface area contributed by atoms with Crippen LogP contribution in [0.2, 0.25) is 0 Å². The maximum atomic E-state index is 11.7. The monoisotopic (exact) mass is 183 g/mol. The van der Waals surface area contributed by atoms with E-state index < -0.39 is 0 Å². The van der Waals surface area contributed by atoms with Gasteiger partial charge in [0.2, 0.25) is 0 Å². The van der Waals surface area contributed by atoms with Crippen molar-refractivity contribution in [3.63, 3.8) is 0 Å². The van der Waals surface area contributed by atoms with Crippen molar-refractivity contribution in [2.24, 2.45) is 0 Å². The summed E-state index contributed by atoms with van der Waals surface area (Å²) in [6.07, 6.45) is 4.28. The molecule has 0 aromatic heterocycles. The van der Waals surface area contributed by atoms with Gasteiger partial charge in [-0.1, -0.05) is 5.57 Å². The minimum atomic E-state index is 0.0136. The van der Waals surface area contributed by atoms with Gasteiger partial charge in [-0.25, -0.2) is 5.06 Å². The Kier molecular flexibility index (Phi) is 3.48. The van der Waals surface area contributed by atoms with Crippen molar-refractivity contribution in [2.45, 2.75) is 32.6 Å². The fraction of sp³-hybridized carbons (Fsp3) is 0.700. The van der Waals surface area contributed by atoms with Gasteiger partial charge >= 0.3 is 0 Å². The van der Waals surface area contributed by atoms with Crippen molar-refractivity contribution in [1.82, 2.24) is 5.06 Å². The number of hydrogen-bond donors (Lipinski definition) is 0. The van der Waals surface area contributed by atoms with Gasteiger partial charge in [0.05, 0.1) is 7.11 Å². The molecule has 0 spiro atoms. The number of allylic oxidation sites excluding steroid dienone is 1. The van der Waals surface area contributed by atoms with Gasteiger partial charge in [0.1, 0.15) is 0 Å². The summed E-state index contributed by atoms with van der Waals surface area (Å²) in [7, 11) is 3.16. The molecule has 3 heteroatoms. The molecule has 0 N–H and O–H groups in total. The Labute approximate surface area is 79.3 Å². The van der Waals surface area contributed by atoms with Gasteiger partial charge in [-0.2, -0.15) is 0 Å². The molecule has 0 radical (unpaired) electrons. The maximum absolute atomic E-state index is 11.7. The highest BCUT2D eigenvalue weighted by Crippen LogP contribution is 2.25. The predicted octanol–water partition coefficient (Wildman–Crippen LogP) is 1.90. The number of carbonyl (C=O) groups is 1. The molecule has 3 nitrogen and oxygen atoms in total. The molecule has 0 saturated carbocycles. The molecule has 74 valence electrons. The van der Waals surface area contributed by atoms with Crippen LogP contribution in [0.3, 0.4) is 0 Å². The standard InChI is InChI=1S/C10H17NO2/c1-8-6-4-5-7-9(8)10(12)11(2)13-3/h4-7H2,1-3H3. The topological polar surface area (TPSA) is 29.5 Å². The highest BCUT2D eigenvalue weighted by molar-refractivity contribution is 5.93. The highest BCUT2D eigenvalue weighted by atomic mass is 16.7. The van der Waals surface area contributed by atoms with E-state index in [-0.39, 0.29) is 5.91 Å². The summed E-state index contributed by atoms with van der Waals surface area (Å²) in [5.41, 5.74) is 2.16. The second-order valence-corrected chi connectivity index (χ2v) is 3.45. The van der Waals surface area contributed by atoms with Crippen molar-refractivity contribution in [1.29, 1.82) is 0 Å². The van der Waals surface area contributed by atoms with E-state index in [9.17, 15) is 4.79 Å². The lowest BCUT2D eigenvalue weighted by Gasteiger charge is -2.21. The van der Waals surface area contributed by atoms with E-state index >= 15 is 0 Å². The summed E-state index contributed by atoms with van der Waals surface area (Å²) in [6, 6.07) is 0. The number of carbonyl (C=O) groups excluding carboxylic acids is 1. The molecule has 0 aliphatic heterocycles. The normalized spacial score (nSPS) is 17.5. The van der Waals surface area contributed by atoms with Crippen LogP contribution in [0.1, 0.15) is 32.6 Å². The molecule has 0 unspecified atom stereocenters. The first-order valence-corrected chi connectivity index (χ1v) is 4.67. The Bertz CT molecular complexity index is 233. The lowest BCUT2D eigenvalue weighted by Crippen LogP contribution is -2.28. The zero-order valence-electron chi connectivity index (χ0n) is 8.59. The van der Waals surface area contributed by atoms with Crippen molar-refractivity contribution >= 4 is 5.91 Å². The minimum Gasteiger partial charge on any atom is -0.274 e. The lowest BCUT2D eigenvalue weighted by molar-refractivity contribution is -0.164. The zero-order valence-corrected chi connectivity index (χ0v) is 8.59. The number of hydrogen-bond acceptors (Lipinski definition) is 2. The molecule has 0 heterocycles. The highest BCUT2D eigenvalue weighted by Gasteiger charge is 2.19. The van der Waals surface area contributed by atoms with Crippen LogP contribution in [0.15, 0.2) is 11.1 Å². The van der Waals surface area contributed by atoms with E-state index in [0.717, 1.165) is 24.8 Å². The van der Waals surface area contributed by atoms with Gasteiger partial charge in [0.15, 0.2) is 0 Å². The van der Waals surface area contributed by atoms with Crippen molar-refractivity contribution in [3.8, 4) is 0 Å². The molecular formula is C10H17NO2. The zero-order chi connectivity index (χ0) is 9.84. The average molecular weight is 183 g/mol. The summed E-state index contributed by atoms with van der Waals surface area (Å²) >= 11 is 0.